The third kappa shape index (κ3) is 3.92. The minimum Gasteiger partial charge on any atom is -0.382 e. The van der Waals surface area contributed by atoms with E-state index in [1.807, 2.05) is 0 Å². The first-order chi connectivity index (χ1) is 9.04. The van der Waals surface area contributed by atoms with Gasteiger partial charge in [0.05, 0.1) is 17.9 Å². The van der Waals surface area contributed by atoms with E-state index in [1.165, 1.54) is 13.0 Å². The number of rotatable bonds is 4. The molecule has 0 bridgehead atoms. The van der Waals surface area contributed by atoms with Crippen molar-refractivity contribution >= 4 is 17.3 Å². The fraction of sp³-hybridized carbons (Fsp3) is 0.500. The molecule has 1 heterocycles. The van der Waals surface area contributed by atoms with E-state index in [1.54, 1.807) is 12.1 Å². The summed E-state index contributed by atoms with van der Waals surface area (Å²) in [5.41, 5.74) is 0.964. The van der Waals surface area contributed by atoms with Crippen molar-refractivity contribution in [1.29, 1.82) is 0 Å². The lowest BCUT2D eigenvalue weighted by Crippen LogP contribution is -2.19. The second kappa shape index (κ2) is 6.02. The Morgan fingerprint density at radius 3 is 2.89 bits per heavy atom. The van der Waals surface area contributed by atoms with E-state index < -0.39 is 5.82 Å². The summed E-state index contributed by atoms with van der Waals surface area (Å²) in [5, 5.41) is 5.67. The van der Waals surface area contributed by atoms with Crippen LogP contribution in [0.2, 0.25) is 0 Å². The van der Waals surface area contributed by atoms with Crippen LogP contribution < -0.4 is 10.6 Å². The SMILES string of the molecule is CC(=O)Nc1cc(NCC2CCC(C)O2)ccc1F. The van der Waals surface area contributed by atoms with Crippen LogP contribution in [0.4, 0.5) is 15.8 Å². The number of hydrogen-bond donors (Lipinski definition) is 2. The number of nitrogens with one attached hydrogen (secondary N) is 2. The Hall–Kier alpha value is -1.62. The predicted octanol–water partition coefficient (Wildman–Crippen LogP) is 2.76. The van der Waals surface area contributed by atoms with Crippen molar-refractivity contribution < 1.29 is 13.9 Å². The summed E-state index contributed by atoms with van der Waals surface area (Å²) >= 11 is 0. The first kappa shape index (κ1) is 13.8. The molecule has 2 rings (SSSR count). The van der Waals surface area contributed by atoms with Gasteiger partial charge < -0.3 is 15.4 Å². The summed E-state index contributed by atoms with van der Waals surface area (Å²) in [4.78, 5) is 11.0. The fourth-order valence-electron chi connectivity index (χ4n) is 2.19. The molecular formula is C14H19FN2O2. The van der Waals surface area contributed by atoms with E-state index in [2.05, 4.69) is 17.6 Å². The molecule has 0 radical (unpaired) electrons. The summed E-state index contributed by atoms with van der Waals surface area (Å²) < 4.78 is 19.2. The number of carbonyl (C=O) groups is 1. The van der Waals surface area contributed by atoms with Gasteiger partial charge in [0.1, 0.15) is 5.82 Å². The highest BCUT2D eigenvalue weighted by atomic mass is 19.1. The second-order valence-electron chi connectivity index (χ2n) is 4.90. The molecule has 0 spiro atoms. The number of ether oxygens (including phenoxy) is 1. The molecule has 1 aliphatic heterocycles. The van der Waals surface area contributed by atoms with Crippen molar-refractivity contribution in [3.05, 3.63) is 24.0 Å². The Labute approximate surface area is 112 Å². The van der Waals surface area contributed by atoms with Gasteiger partial charge in [-0.1, -0.05) is 0 Å². The summed E-state index contributed by atoms with van der Waals surface area (Å²) in [6, 6.07) is 4.58. The standard InChI is InChI=1S/C14H19FN2O2/c1-9-3-5-12(19-9)8-16-11-4-6-13(15)14(7-11)17-10(2)18/h4,6-7,9,12,16H,3,5,8H2,1-2H3,(H,17,18). The maximum absolute atomic E-state index is 13.5. The van der Waals surface area contributed by atoms with Crippen LogP contribution in [0, 0.1) is 5.82 Å². The quantitative estimate of drug-likeness (QED) is 0.881. The molecule has 1 amide bonds. The fourth-order valence-corrected chi connectivity index (χ4v) is 2.19. The minimum absolute atomic E-state index is 0.193. The Morgan fingerprint density at radius 1 is 1.47 bits per heavy atom. The topological polar surface area (TPSA) is 50.4 Å². The van der Waals surface area contributed by atoms with Crippen molar-refractivity contribution in [2.75, 3.05) is 17.2 Å². The van der Waals surface area contributed by atoms with E-state index in [0.29, 0.717) is 12.6 Å². The summed E-state index contributed by atoms with van der Waals surface area (Å²) in [5.74, 6) is -0.726. The van der Waals surface area contributed by atoms with Gasteiger partial charge in [-0.3, -0.25) is 4.79 Å². The van der Waals surface area contributed by atoms with Crippen LogP contribution in [0.1, 0.15) is 26.7 Å². The molecule has 4 nitrogen and oxygen atoms in total. The Morgan fingerprint density at radius 2 is 2.26 bits per heavy atom. The monoisotopic (exact) mass is 266 g/mol. The van der Waals surface area contributed by atoms with Crippen LogP contribution in [0.3, 0.4) is 0 Å². The number of anilines is 2. The highest BCUT2D eigenvalue weighted by Crippen LogP contribution is 2.22. The molecular weight excluding hydrogens is 247 g/mol. The molecule has 0 aromatic heterocycles. The van der Waals surface area contributed by atoms with Gasteiger partial charge in [-0.05, 0) is 38.0 Å². The number of halogens is 1. The van der Waals surface area contributed by atoms with Gasteiger partial charge >= 0.3 is 0 Å². The van der Waals surface area contributed by atoms with Gasteiger partial charge in [-0.15, -0.1) is 0 Å². The van der Waals surface area contributed by atoms with Crippen LogP contribution in [0.5, 0.6) is 0 Å². The Balaban J connectivity index is 1.94. The van der Waals surface area contributed by atoms with Gasteiger partial charge in [-0.25, -0.2) is 4.39 Å². The molecule has 1 aromatic rings. The zero-order valence-corrected chi connectivity index (χ0v) is 11.2. The largest absolute Gasteiger partial charge is 0.382 e. The van der Waals surface area contributed by atoms with Gasteiger partial charge in [0, 0.05) is 19.2 Å². The van der Waals surface area contributed by atoms with Crippen molar-refractivity contribution in [2.24, 2.45) is 0 Å². The number of carbonyl (C=O) groups excluding carboxylic acids is 1. The molecule has 1 saturated heterocycles. The van der Waals surface area contributed by atoms with E-state index in [9.17, 15) is 9.18 Å². The maximum Gasteiger partial charge on any atom is 0.221 e. The van der Waals surface area contributed by atoms with Crippen LogP contribution in [-0.2, 0) is 9.53 Å². The van der Waals surface area contributed by atoms with Crippen molar-refractivity contribution in [1.82, 2.24) is 0 Å². The molecule has 2 atom stereocenters. The number of benzene rings is 1. The second-order valence-corrected chi connectivity index (χ2v) is 4.90. The lowest BCUT2D eigenvalue weighted by atomic mass is 10.2. The highest BCUT2D eigenvalue weighted by Gasteiger charge is 2.21. The zero-order valence-electron chi connectivity index (χ0n) is 11.2. The smallest absolute Gasteiger partial charge is 0.221 e. The minimum atomic E-state index is -0.438. The first-order valence-electron chi connectivity index (χ1n) is 6.51. The predicted molar refractivity (Wildman–Crippen MR) is 72.8 cm³/mol. The normalized spacial score (nSPS) is 22.3. The molecule has 104 valence electrons. The van der Waals surface area contributed by atoms with Gasteiger partial charge in [0.15, 0.2) is 0 Å². The van der Waals surface area contributed by atoms with Crippen LogP contribution in [0.15, 0.2) is 18.2 Å². The van der Waals surface area contributed by atoms with Gasteiger partial charge in [-0.2, -0.15) is 0 Å². The molecule has 5 heteroatoms. The van der Waals surface area contributed by atoms with E-state index in [0.717, 1.165) is 18.5 Å². The molecule has 0 saturated carbocycles. The third-order valence-corrected chi connectivity index (χ3v) is 3.13. The van der Waals surface area contributed by atoms with Crippen molar-refractivity contribution in [2.45, 2.75) is 38.9 Å². The molecule has 1 fully saturated rings. The van der Waals surface area contributed by atoms with Gasteiger partial charge in [0.2, 0.25) is 5.91 Å². The molecule has 19 heavy (non-hydrogen) atoms. The lowest BCUT2D eigenvalue weighted by Gasteiger charge is -2.14. The van der Waals surface area contributed by atoms with Crippen LogP contribution in [-0.4, -0.2) is 24.7 Å². The lowest BCUT2D eigenvalue weighted by molar-refractivity contribution is -0.114. The van der Waals surface area contributed by atoms with Crippen molar-refractivity contribution in [3.8, 4) is 0 Å². The average molecular weight is 266 g/mol. The highest BCUT2D eigenvalue weighted by molar-refractivity contribution is 5.89. The van der Waals surface area contributed by atoms with E-state index in [4.69, 9.17) is 4.74 Å². The Bertz CT molecular complexity index is 465. The molecule has 2 N–H and O–H groups in total. The third-order valence-electron chi connectivity index (χ3n) is 3.13. The van der Waals surface area contributed by atoms with E-state index in [-0.39, 0.29) is 17.7 Å². The summed E-state index contributed by atoms with van der Waals surface area (Å²) in [6.07, 6.45) is 2.63. The van der Waals surface area contributed by atoms with Crippen LogP contribution in [0.25, 0.3) is 0 Å². The Kier molecular flexibility index (Phi) is 4.37. The van der Waals surface area contributed by atoms with Crippen molar-refractivity contribution in [3.63, 3.8) is 0 Å². The number of amides is 1. The average Bonchev–Trinajstić information content (AvgIpc) is 2.75. The summed E-state index contributed by atoms with van der Waals surface area (Å²) in [6.45, 7) is 4.11. The van der Waals surface area contributed by atoms with Crippen LogP contribution >= 0.6 is 0 Å². The first-order valence-corrected chi connectivity index (χ1v) is 6.51. The molecule has 1 aromatic carbocycles. The molecule has 2 unspecified atom stereocenters. The van der Waals surface area contributed by atoms with Gasteiger partial charge in [0.25, 0.3) is 0 Å². The summed E-state index contributed by atoms with van der Waals surface area (Å²) in [7, 11) is 0. The van der Waals surface area contributed by atoms with E-state index >= 15 is 0 Å². The zero-order chi connectivity index (χ0) is 13.8. The molecule has 1 aliphatic rings. The molecule has 0 aliphatic carbocycles. The number of hydrogen-bond acceptors (Lipinski definition) is 3. The maximum atomic E-state index is 13.5.